The minimum Gasteiger partial charge on any atom is -0.392 e. The van der Waals surface area contributed by atoms with Crippen LogP contribution in [0, 0.1) is 6.92 Å². The minimum atomic E-state index is -3.58. The van der Waals surface area contributed by atoms with Gasteiger partial charge in [-0.3, -0.25) is 0 Å². The maximum atomic E-state index is 13.0. The Morgan fingerprint density at radius 3 is 2.76 bits per heavy atom. The summed E-state index contributed by atoms with van der Waals surface area (Å²) >= 11 is 0. The molecule has 6 heteroatoms. The van der Waals surface area contributed by atoms with E-state index in [4.69, 9.17) is 4.74 Å². The highest BCUT2D eigenvalue weighted by Crippen LogP contribution is 2.27. The lowest BCUT2D eigenvalue weighted by Gasteiger charge is -2.37. The first-order chi connectivity index (χ1) is 9.90. The summed E-state index contributed by atoms with van der Waals surface area (Å²) in [4.78, 5) is 0.279. The Morgan fingerprint density at radius 1 is 1.43 bits per heavy atom. The summed E-state index contributed by atoms with van der Waals surface area (Å²) in [5, 5.41) is 9.24. The standard InChI is InChI=1S/C15H23NO4S/c1-4-14-10-20-12(3)8-16(14)21(18,19)15-7-13(9-17)6-5-11(15)2/h5-7,12,14,17H,4,8-10H2,1-3H3. The molecule has 1 fully saturated rings. The molecule has 5 nitrogen and oxygen atoms in total. The molecule has 2 rings (SSSR count). The molecule has 0 aromatic heterocycles. The number of aryl methyl sites for hydroxylation is 1. The van der Waals surface area contributed by atoms with Crippen molar-refractivity contribution in [2.45, 2.75) is 50.8 Å². The summed E-state index contributed by atoms with van der Waals surface area (Å²) in [5.41, 5.74) is 1.30. The summed E-state index contributed by atoms with van der Waals surface area (Å²) in [5.74, 6) is 0. The lowest BCUT2D eigenvalue weighted by molar-refractivity contribution is -0.0230. The Balaban J connectivity index is 2.44. The van der Waals surface area contributed by atoms with E-state index in [0.717, 1.165) is 0 Å². The van der Waals surface area contributed by atoms with E-state index in [0.29, 0.717) is 30.7 Å². The highest BCUT2D eigenvalue weighted by Gasteiger charge is 2.36. The van der Waals surface area contributed by atoms with Crippen LogP contribution in [0.2, 0.25) is 0 Å². The van der Waals surface area contributed by atoms with Gasteiger partial charge in [0.15, 0.2) is 0 Å². The molecule has 1 aliphatic rings. The molecule has 0 radical (unpaired) electrons. The first-order valence-corrected chi connectivity index (χ1v) is 8.68. The zero-order chi connectivity index (χ0) is 15.6. The van der Waals surface area contributed by atoms with Crippen molar-refractivity contribution in [3.05, 3.63) is 29.3 Å². The minimum absolute atomic E-state index is 0.107. The fourth-order valence-corrected chi connectivity index (χ4v) is 4.61. The third kappa shape index (κ3) is 3.29. The van der Waals surface area contributed by atoms with Gasteiger partial charge < -0.3 is 9.84 Å². The van der Waals surface area contributed by atoms with Gasteiger partial charge in [0.05, 0.1) is 24.2 Å². The van der Waals surface area contributed by atoms with Crippen LogP contribution < -0.4 is 0 Å². The lowest BCUT2D eigenvalue weighted by Crippen LogP contribution is -2.51. The van der Waals surface area contributed by atoms with Gasteiger partial charge in [-0.1, -0.05) is 19.1 Å². The number of hydrogen-bond acceptors (Lipinski definition) is 4. The largest absolute Gasteiger partial charge is 0.392 e. The molecule has 0 amide bonds. The Hall–Kier alpha value is -0.950. The molecule has 2 atom stereocenters. The number of sulfonamides is 1. The summed E-state index contributed by atoms with van der Waals surface area (Å²) in [6.45, 7) is 6.24. The van der Waals surface area contributed by atoms with Crippen molar-refractivity contribution in [3.8, 4) is 0 Å². The maximum Gasteiger partial charge on any atom is 0.243 e. The summed E-state index contributed by atoms with van der Waals surface area (Å²) in [6, 6.07) is 4.91. The zero-order valence-corrected chi connectivity index (χ0v) is 13.6. The highest BCUT2D eigenvalue weighted by molar-refractivity contribution is 7.89. The third-order valence-electron chi connectivity index (χ3n) is 3.91. The first kappa shape index (κ1) is 16.4. The van der Waals surface area contributed by atoms with Gasteiger partial charge in [0.25, 0.3) is 0 Å². The van der Waals surface area contributed by atoms with Gasteiger partial charge in [0.2, 0.25) is 10.0 Å². The van der Waals surface area contributed by atoms with Crippen LogP contribution >= 0.6 is 0 Å². The molecule has 1 heterocycles. The number of rotatable bonds is 4. The quantitative estimate of drug-likeness (QED) is 0.918. The second-order valence-electron chi connectivity index (χ2n) is 5.54. The molecule has 0 aliphatic carbocycles. The number of ether oxygens (including phenoxy) is 1. The van der Waals surface area contributed by atoms with Crippen molar-refractivity contribution in [2.24, 2.45) is 0 Å². The summed E-state index contributed by atoms with van der Waals surface area (Å²) < 4.78 is 33.1. The molecule has 2 unspecified atom stereocenters. The van der Waals surface area contributed by atoms with Crippen molar-refractivity contribution in [3.63, 3.8) is 0 Å². The average molecular weight is 313 g/mol. The van der Waals surface area contributed by atoms with E-state index in [-0.39, 0.29) is 23.6 Å². The Bertz CT molecular complexity index is 600. The van der Waals surface area contributed by atoms with Crippen LogP contribution in [0.25, 0.3) is 0 Å². The Kier molecular flexibility index (Phi) is 5.03. The van der Waals surface area contributed by atoms with Gasteiger partial charge >= 0.3 is 0 Å². The van der Waals surface area contributed by atoms with Crippen LogP contribution in [0.5, 0.6) is 0 Å². The predicted molar refractivity (Wildman–Crippen MR) is 80.5 cm³/mol. The van der Waals surface area contributed by atoms with Crippen molar-refractivity contribution in [1.82, 2.24) is 4.31 Å². The normalized spacial score (nSPS) is 24.2. The maximum absolute atomic E-state index is 13.0. The van der Waals surface area contributed by atoms with Crippen molar-refractivity contribution in [1.29, 1.82) is 0 Å². The van der Waals surface area contributed by atoms with Gasteiger partial charge in [-0.25, -0.2) is 8.42 Å². The SMILES string of the molecule is CCC1COC(C)CN1S(=O)(=O)c1cc(CO)ccc1C. The molecule has 1 aromatic rings. The average Bonchev–Trinajstić information content (AvgIpc) is 2.47. The molecular weight excluding hydrogens is 290 g/mol. The number of morpholine rings is 1. The number of aliphatic hydroxyl groups excluding tert-OH is 1. The van der Waals surface area contributed by atoms with E-state index >= 15 is 0 Å². The van der Waals surface area contributed by atoms with Crippen LogP contribution in [0.15, 0.2) is 23.1 Å². The second kappa shape index (κ2) is 6.44. The number of aliphatic hydroxyl groups is 1. The number of benzene rings is 1. The van der Waals surface area contributed by atoms with E-state index in [2.05, 4.69) is 0 Å². The topological polar surface area (TPSA) is 66.8 Å². The van der Waals surface area contributed by atoms with Crippen molar-refractivity contribution < 1.29 is 18.3 Å². The van der Waals surface area contributed by atoms with Crippen LogP contribution in [0.3, 0.4) is 0 Å². The molecule has 0 saturated carbocycles. The molecule has 1 N–H and O–H groups in total. The third-order valence-corrected chi connectivity index (χ3v) is 5.97. The molecule has 0 spiro atoms. The van der Waals surface area contributed by atoms with Crippen LogP contribution in [0.1, 0.15) is 31.4 Å². The number of nitrogens with zero attached hydrogens (tertiary/aromatic N) is 1. The van der Waals surface area contributed by atoms with Gasteiger partial charge in [-0.15, -0.1) is 0 Å². The van der Waals surface area contributed by atoms with E-state index in [1.807, 2.05) is 13.8 Å². The fraction of sp³-hybridized carbons (Fsp3) is 0.600. The molecule has 118 valence electrons. The Morgan fingerprint density at radius 2 is 2.14 bits per heavy atom. The summed E-state index contributed by atoms with van der Waals surface area (Å²) in [6.07, 6.45) is 0.605. The lowest BCUT2D eigenvalue weighted by atomic mass is 10.2. The van der Waals surface area contributed by atoms with E-state index < -0.39 is 10.0 Å². The van der Waals surface area contributed by atoms with Gasteiger partial charge in [0, 0.05) is 12.6 Å². The zero-order valence-electron chi connectivity index (χ0n) is 12.7. The van der Waals surface area contributed by atoms with Gasteiger partial charge in [-0.05, 0) is 37.5 Å². The van der Waals surface area contributed by atoms with Crippen LogP contribution in [-0.2, 0) is 21.4 Å². The smallest absolute Gasteiger partial charge is 0.243 e. The summed E-state index contributed by atoms with van der Waals surface area (Å²) in [7, 11) is -3.58. The molecule has 1 saturated heterocycles. The molecule has 0 bridgehead atoms. The predicted octanol–water partition coefficient (Wildman–Crippen LogP) is 1.68. The monoisotopic (exact) mass is 313 g/mol. The highest BCUT2D eigenvalue weighted by atomic mass is 32.2. The fourth-order valence-electron chi connectivity index (χ4n) is 2.58. The molecule has 21 heavy (non-hydrogen) atoms. The first-order valence-electron chi connectivity index (χ1n) is 7.24. The van der Waals surface area contributed by atoms with E-state index in [1.54, 1.807) is 29.4 Å². The van der Waals surface area contributed by atoms with Gasteiger partial charge in [-0.2, -0.15) is 4.31 Å². The molecule has 1 aliphatic heterocycles. The van der Waals surface area contributed by atoms with Crippen molar-refractivity contribution in [2.75, 3.05) is 13.2 Å². The van der Waals surface area contributed by atoms with Crippen LogP contribution in [-0.4, -0.2) is 43.1 Å². The molecule has 1 aromatic carbocycles. The van der Waals surface area contributed by atoms with Crippen molar-refractivity contribution >= 4 is 10.0 Å². The van der Waals surface area contributed by atoms with Crippen LogP contribution in [0.4, 0.5) is 0 Å². The van der Waals surface area contributed by atoms with E-state index in [9.17, 15) is 13.5 Å². The second-order valence-corrected chi connectivity index (χ2v) is 7.40. The molecular formula is C15H23NO4S. The Labute approximate surface area is 126 Å². The van der Waals surface area contributed by atoms with Gasteiger partial charge in [0.1, 0.15) is 0 Å². The number of hydrogen-bond donors (Lipinski definition) is 1. The van der Waals surface area contributed by atoms with E-state index in [1.165, 1.54) is 0 Å².